The van der Waals surface area contributed by atoms with Crippen LogP contribution in [0.1, 0.15) is 27.7 Å². The number of aromatic nitrogens is 3. The Labute approximate surface area is 208 Å². The molecule has 1 atom stereocenters. The lowest BCUT2D eigenvalue weighted by Crippen LogP contribution is -2.19. The van der Waals surface area contributed by atoms with Crippen molar-refractivity contribution < 1.29 is 23.2 Å². The highest BCUT2D eigenvalue weighted by Crippen LogP contribution is 2.54. The van der Waals surface area contributed by atoms with E-state index in [1.165, 1.54) is 6.07 Å². The lowest BCUT2D eigenvalue weighted by Gasteiger charge is -2.26. The van der Waals surface area contributed by atoms with Gasteiger partial charge in [-0.2, -0.15) is 5.10 Å². The summed E-state index contributed by atoms with van der Waals surface area (Å²) in [7, 11) is -4.06. The van der Waals surface area contributed by atoms with Crippen LogP contribution in [0.5, 0.6) is 11.5 Å². The SMILES string of the molecule is C=C(C)OP(=O)(Oc1ccc(-c2n[nH]c(=S)n2-c2cccc3ccccc23)c(O)c1)OC(C)(C)C. The molecule has 0 fully saturated rings. The molecular formula is C25H26N3O5PS. The van der Waals surface area contributed by atoms with Crippen molar-refractivity contribution in [2.75, 3.05) is 0 Å². The van der Waals surface area contributed by atoms with E-state index in [1.807, 2.05) is 42.5 Å². The van der Waals surface area contributed by atoms with Gasteiger partial charge in [0.15, 0.2) is 10.6 Å². The van der Waals surface area contributed by atoms with E-state index in [2.05, 4.69) is 16.8 Å². The highest BCUT2D eigenvalue weighted by atomic mass is 32.1. The quantitative estimate of drug-likeness (QED) is 0.152. The Kier molecular flexibility index (Phi) is 6.60. The number of phenolic OH excluding ortho intramolecular Hbond substituents is 1. The summed E-state index contributed by atoms with van der Waals surface area (Å²) in [5.74, 6) is 0.508. The van der Waals surface area contributed by atoms with Crippen molar-refractivity contribution >= 4 is 30.8 Å². The Morgan fingerprint density at radius 1 is 1.14 bits per heavy atom. The minimum absolute atomic E-state index is 0.0888. The smallest absolute Gasteiger partial charge is 0.507 e. The zero-order valence-corrected chi connectivity index (χ0v) is 21.5. The van der Waals surface area contributed by atoms with E-state index in [4.69, 9.17) is 25.8 Å². The number of hydrogen-bond donors (Lipinski definition) is 2. The molecule has 1 aromatic heterocycles. The van der Waals surface area contributed by atoms with E-state index in [0.717, 1.165) is 16.5 Å². The maximum absolute atomic E-state index is 13.2. The van der Waals surface area contributed by atoms with Crippen molar-refractivity contribution in [2.24, 2.45) is 0 Å². The van der Waals surface area contributed by atoms with E-state index in [0.29, 0.717) is 16.2 Å². The second kappa shape index (κ2) is 9.34. The first-order valence-electron chi connectivity index (χ1n) is 10.8. The summed E-state index contributed by atoms with van der Waals surface area (Å²) in [5.41, 5.74) is 0.394. The number of nitrogens with one attached hydrogen (secondary N) is 1. The number of benzene rings is 3. The van der Waals surface area contributed by atoms with Gasteiger partial charge in [0.05, 0.1) is 22.6 Å². The fraction of sp³-hybridized carbons (Fsp3) is 0.200. The molecular weight excluding hydrogens is 485 g/mol. The maximum atomic E-state index is 13.2. The number of phosphoric ester groups is 1. The molecule has 2 N–H and O–H groups in total. The molecule has 35 heavy (non-hydrogen) atoms. The Morgan fingerprint density at radius 3 is 2.54 bits per heavy atom. The summed E-state index contributed by atoms with van der Waals surface area (Å²) in [6, 6.07) is 18.3. The summed E-state index contributed by atoms with van der Waals surface area (Å²) in [5, 5.41) is 20.1. The van der Waals surface area contributed by atoms with Crippen molar-refractivity contribution in [1.29, 1.82) is 0 Å². The van der Waals surface area contributed by atoms with Crippen molar-refractivity contribution in [3.63, 3.8) is 0 Å². The number of nitrogens with zero attached hydrogens (tertiary/aromatic N) is 2. The molecule has 4 aromatic rings. The molecule has 8 nitrogen and oxygen atoms in total. The topological polar surface area (TPSA) is 98.6 Å². The Morgan fingerprint density at radius 2 is 1.86 bits per heavy atom. The van der Waals surface area contributed by atoms with Gasteiger partial charge in [0, 0.05) is 11.5 Å². The minimum atomic E-state index is -4.06. The first-order valence-corrected chi connectivity index (χ1v) is 12.7. The van der Waals surface area contributed by atoms with Crippen LogP contribution in [0, 0.1) is 4.77 Å². The predicted molar refractivity (Wildman–Crippen MR) is 138 cm³/mol. The standard InChI is InChI=1S/C25H26N3O5PS/c1-16(2)31-34(30,33-25(3,4)5)32-18-13-14-20(22(29)15-18)23-26-27-24(35)28(23)21-12-8-10-17-9-6-7-11-19(17)21/h6-15,29H,1H2,2-5H3,(H,27,35). The van der Waals surface area contributed by atoms with Gasteiger partial charge in [-0.15, -0.1) is 0 Å². The van der Waals surface area contributed by atoms with Crippen LogP contribution in [-0.2, 0) is 13.6 Å². The lowest BCUT2D eigenvalue weighted by molar-refractivity contribution is 0.0778. The number of aromatic amines is 1. The van der Waals surface area contributed by atoms with Gasteiger partial charge in [-0.25, -0.2) is 4.57 Å². The van der Waals surface area contributed by atoms with E-state index in [1.54, 1.807) is 44.4 Å². The third-order valence-electron chi connectivity index (χ3n) is 4.76. The molecule has 1 heterocycles. The highest BCUT2D eigenvalue weighted by Gasteiger charge is 2.36. The zero-order valence-electron chi connectivity index (χ0n) is 19.8. The van der Waals surface area contributed by atoms with Crippen LogP contribution in [0.2, 0.25) is 0 Å². The molecule has 3 aromatic carbocycles. The number of rotatable bonds is 7. The Balaban J connectivity index is 1.75. The highest BCUT2D eigenvalue weighted by molar-refractivity contribution is 7.71. The molecule has 0 aliphatic carbocycles. The molecule has 10 heteroatoms. The van der Waals surface area contributed by atoms with E-state index in [9.17, 15) is 9.67 Å². The summed E-state index contributed by atoms with van der Waals surface area (Å²) in [6.07, 6.45) is 0. The van der Waals surface area contributed by atoms with Gasteiger partial charge in [0.1, 0.15) is 11.5 Å². The third kappa shape index (κ3) is 5.48. The molecule has 0 aliphatic heterocycles. The van der Waals surface area contributed by atoms with Gasteiger partial charge >= 0.3 is 7.82 Å². The average molecular weight is 512 g/mol. The fourth-order valence-corrected chi connectivity index (χ4v) is 5.34. The largest absolute Gasteiger partial charge is 0.587 e. The predicted octanol–water partition coefficient (Wildman–Crippen LogP) is 7.31. The summed E-state index contributed by atoms with van der Waals surface area (Å²) < 4.78 is 31.7. The second-order valence-corrected chi connectivity index (χ2v) is 10.7. The Hall–Kier alpha value is -3.39. The van der Waals surface area contributed by atoms with Crippen LogP contribution in [0.4, 0.5) is 0 Å². The molecule has 0 spiro atoms. The molecule has 1 unspecified atom stereocenters. The molecule has 0 bridgehead atoms. The first-order chi connectivity index (χ1) is 16.5. The molecule has 0 saturated heterocycles. The van der Waals surface area contributed by atoms with Crippen LogP contribution in [0.3, 0.4) is 0 Å². The van der Waals surface area contributed by atoms with Gasteiger partial charge in [0.2, 0.25) is 0 Å². The second-order valence-electron chi connectivity index (χ2n) is 8.90. The van der Waals surface area contributed by atoms with E-state index in [-0.39, 0.29) is 17.3 Å². The average Bonchev–Trinajstić information content (AvgIpc) is 3.12. The fourth-order valence-electron chi connectivity index (χ4n) is 3.57. The lowest BCUT2D eigenvalue weighted by atomic mass is 10.1. The Bertz CT molecular complexity index is 1510. The van der Waals surface area contributed by atoms with Gasteiger partial charge in [-0.05, 0) is 63.5 Å². The molecule has 0 saturated carbocycles. The normalized spacial score (nSPS) is 13.4. The number of aromatic hydroxyl groups is 1. The van der Waals surface area contributed by atoms with Gasteiger partial charge in [-0.1, -0.05) is 43.0 Å². The van der Waals surface area contributed by atoms with Gasteiger partial charge in [0.25, 0.3) is 0 Å². The van der Waals surface area contributed by atoms with Crippen LogP contribution in [0.25, 0.3) is 27.8 Å². The van der Waals surface area contributed by atoms with Crippen molar-refractivity contribution in [3.05, 3.63) is 77.8 Å². The van der Waals surface area contributed by atoms with E-state index >= 15 is 0 Å². The van der Waals surface area contributed by atoms with Crippen LogP contribution in [0.15, 0.2) is 73.0 Å². The van der Waals surface area contributed by atoms with Crippen LogP contribution in [-0.4, -0.2) is 25.5 Å². The maximum Gasteiger partial charge on any atom is 0.587 e. The minimum Gasteiger partial charge on any atom is -0.507 e. The molecule has 0 aliphatic rings. The third-order valence-corrected chi connectivity index (χ3v) is 6.78. The molecule has 0 radical (unpaired) electrons. The first kappa shape index (κ1) is 24.7. The van der Waals surface area contributed by atoms with E-state index < -0.39 is 13.4 Å². The van der Waals surface area contributed by atoms with Gasteiger partial charge in [-0.3, -0.25) is 14.2 Å². The van der Waals surface area contributed by atoms with Crippen molar-refractivity contribution in [3.8, 4) is 28.6 Å². The molecule has 0 amide bonds. The number of allylic oxidation sites excluding steroid dienone is 1. The number of phosphoric acid groups is 1. The molecule has 182 valence electrons. The van der Waals surface area contributed by atoms with Crippen LogP contribution < -0.4 is 4.52 Å². The number of phenols is 1. The summed E-state index contributed by atoms with van der Waals surface area (Å²) in [4.78, 5) is 0. The van der Waals surface area contributed by atoms with Crippen LogP contribution >= 0.6 is 20.0 Å². The van der Waals surface area contributed by atoms with Gasteiger partial charge < -0.3 is 14.2 Å². The summed E-state index contributed by atoms with van der Waals surface area (Å²) >= 11 is 5.51. The van der Waals surface area contributed by atoms with Crippen molar-refractivity contribution in [1.82, 2.24) is 14.8 Å². The molecule has 4 rings (SSSR count). The zero-order chi connectivity index (χ0) is 25.4. The summed E-state index contributed by atoms with van der Waals surface area (Å²) in [6.45, 7) is 10.3. The van der Waals surface area contributed by atoms with Crippen molar-refractivity contribution in [2.45, 2.75) is 33.3 Å². The monoisotopic (exact) mass is 511 g/mol. The number of hydrogen-bond acceptors (Lipinski definition) is 7. The number of fused-ring (bicyclic) bond motifs is 1. The number of H-pyrrole nitrogens is 1.